The van der Waals surface area contributed by atoms with E-state index in [0.29, 0.717) is 5.02 Å². The number of hydrogen-bond acceptors (Lipinski definition) is 2. The highest BCUT2D eigenvalue weighted by molar-refractivity contribution is 6.31. The number of amides is 2. The molecule has 23 heavy (non-hydrogen) atoms. The van der Waals surface area contributed by atoms with Crippen molar-refractivity contribution < 1.29 is 9.59 Å². The summed E-state index contributed by atoms with van der Waals surface area (Å²) in [7, 11) is 0. The van der Waals surface area contributed by atoms with Gasteiger partial charge in [-0.15, -0.1) is 0 Å². The Morgan fingerprint density at radius 3 is 2.22 bits per heavy atom. The predicted molar refractivity (Wildman–Crippen MR) is 93.5 cm³/mol. The van der Waals surface area contributed by atoms with Crippen molar-refractivity contribution in [2.75, 3.05) is 5.32 Å². The second kappa shape index (κ2) is 7.82. The van der Waals surface area contributed by atoms with Crippen molar-refractivity contribution in [3.05, 3.63) is 28.8 Å². The Labute approximate surface area is 143 Å². The Hall–Kier alpha value is -1.55. The summed E-state index contributed by atoms with van der Waals surface area (Å²) in [5, 5.41) is 6.54. The van der Waals surface area contributed by atoms with Crippen LogP contribution in [0.1, 0.15) is 45.1 Å². The van der Waals surface area contributed by atoms with Gasteiger partial charge in [0.2, 0.25) is 11.8 Å². The monoisotopic (exact) mass is 336 g/mol. The van der Waals surface area contributed by atoms with Crippen molar-refractivity contribution >= 4 is 29.1 Å². The standard InChI is InChI=1S/C18H25ClN2O2/c1-11(2)20-17(22)13-5-7-14(8-6-13)18(23)21-16-10-15(19)9-4-12(16)3/h4,9-11,13-14H,5-8H2,1-3H3,(H,20,22)(H,21,23). The number of carbonyl (C=O) groups excluding carboxylic acids is 2. The van der Waals surface area contributed by atoms with Gasteiger partial charge in [0.15, 0.2) is 0 Å². The molecule has 0 aromatic heterocycles. The molecule has 0 saturated heterocycles. The molecule has 5 heteroatoms. The zero-order chi connectivity index (χ0) is 17.0. The first-order valence-electron chi connectivity index (χ1n) is 8.24. The first-order valence-corrected chi connectivity index (χ1v) is 8.62. The molecule has 0 heterocycles. The van der Waals surface area contributed by atoms with E-state index in [1.165, 1.54) is 0 Å². The van der Waals surface area contributed by atoms with E-state index in [1.54, 1.807) is 6.07 Å². The SMILES string of the molecule is Cc1ccc(Cl)cc1NC(=O)C1CCC(C(=O)NC(C)C)CC1. The Kier molecular flexibility index (Phi) is 6.05. The summed E-state index contributed by atoms with van der Waals surface area (Å²) in [6.07, 6.45) is 3.04. The minimum absolute atomic E-state index is 0.0260. The van der Waals surface area contributed by atoms with Gasteiger partial charge in [0, 0.05) is 28.6 Å². The average molecular weight is 337 g/mol. The van der Waals surface area contributed by atoms with Crippen molar-refractivity contribution in [1.29, 1.82) is 0 Å². The number of hydrogen-bond donors (Lipinski definition) is 2. The lowest BCUT2D eigenvalue weighted by Gasteiger charge is -2.27. The first-order chi connectivity index (χ1) is 10.9. The van der Waals surface area contributed by atoms with E-state index in [-0.39, 0.29) is 29.7 Å². The molecule has 0 spiro atoms. The van der Waals surface area contributed by atoms with Gasteiger partial charge in [-0.3, -0.25) is 9.59 Å². The molecule has 0 unspecified atom stereocenters. The predicted octanol–water partition coefficient (Wildman–Crippen LogP) is 3.92. The smallest absolute Gasteiger partial charge is 0.227 e. The van der Waals surface area contributed by atoms with Gasteiger partial charge in [0.1, 0.15) is 0 Å². The largest absolute Gasteiger partial charge is 0.354 e. The number of anilines is 1. The van der Waals surface area contributed by atoms with E-state index in [2.05, 4.69) is 10.6 Å². The van der Waals surface area contributed by atoms with E-state index < -0.39 is 0 Å². The second-order valence-corrected chi connectivity index (χ2v) is 7.10. The third-order valence-electron chi connectivity index (χ3n) is 4.36. The number of carbonyl (C=O) groups is 2. The van der Waals surface area contributed by atoms with Crippen LogP contribution in [-0.4, -0.2) is 17.9 Å². The molecular formula is C18H25ClN2O2. The molecule has 126 valence electrons. The molecule has 1 aromatic rings. The number of aryl methyl sites for hydroxylation is 1. The van der Waals surface area contributed by atoms with E-state index in [9.17, 15) is 9.59 Å². The van der Waals surface area contributed by atoms with Gasteiger partial charge < -0.3 is 10.6 Å². The van der Waals surface area contributed by atoms with Gasteiger partial charge >= 0.3 is 0 Å². The average Bonchev–Trinajstić information content (AvgIpc) is 2.50. The maximum Gasteiger partial charge on any atom is 0.227 e. The molecule has 1 aromatic carbocycles. The minimum atomic E-state index is -0.0310. The molecule has 2 N–H and O–H groups in total. The van der Waals surface area contributed by atoms with Crippen LogP contribution in [0.2, 0.25) is 5.02 Å². The Balaban J connectivity index is 1.88. The Morgan fingerprint density at radius 2 is 1.65 bits per heavy atom. The summed E-state index contributed by atoms with van der Waals surface area (Å²) in [6, 6.07) is 5.64. The van der Waals surface area contributed by atoms with Crippen LogP contribution in [0.4, 0.5) is 5.69 Å². The lowest BCUT2D eigenvalue weighted by molar-refractivity contribution is -0.128. The third-order valence-corrected chi connectivity index (χ3v) is 4.59. The fourth-order valence-electron chi connectivity index (χ4n) is 2.98. The second-order valence-electron chi connectivity index (χ2n) is 6.66. The van der Waals surface area contributed by atoms with E-state index in [0.717, 1.165) is 36.9 Å². The fourth-order valence-corrected chi connectivity index (χ4v) is 3.16. The summed E-state index contributed by atoms with van der Waals surface area (Å²) < 4.78 is 0. The molecule has 2 rings (SSSR count). The number of rotatable bonds is 4. The zero-order valence-corrected chi connectivity index (χ0v) is 14.7. The van der Waals surface area contributed by atoms with Crippen molar-refractivity contribution in [3.63, 3.8) is 0 Å². The highest BCUT2D eigenvalue weighted by atomic mass is 35.5. The van der Waals surface area contributed by atoms with Crippen LogP contribution >= 0.6 is 11.6 Å². The normalized spacial score (nSPS) is 21.1. The number of nitrogens with one attached hydrogen (secondary N) is 2. The van der Waals surface area contributed by atoms with Gasteiger partial charge in [0.05, 0.1) is 0 Å². The molecule has 0 radical (unpaired) electrons. The van der Waals surface area contributed by atoms with Gasteiger partial charge in [-0.1, -0.05) is 17.7 Å². The van der Waals surface area contributed by atoms with Gasteiger partial charge in [-0.25, -0.2) is 0 Å². The highest BCUT2D eigenvalue weighted by Crippen LogP contribution is 2.30. The molecule has 0 bridgehead atoms. The number of benzene rings is 1. The highest BCUT2D eigenvalue weighted by Gasteiger charge is 2.30. The Morgan fingerprint density at radius 1 is 1.09 bits per heavy atom. The van der Waals surface area contributed by atoms with Gasteiger partial charge in [0.25, 0.3) is 0 Å². The maximum atomic E-state index is 12.4. The molecular weight excluding hydrogens is 312 g/mol. The molecule has 1 saturated carbocycles. The van der Waals surface area contributed by atoms with E-state index >= 15 is 0 Å². The quantitative estimate of drug-likeness (QED) is 0.875. The van der Waals surface area contributed by atoms with Crippen LogP contribution in [0.15, 0.2) is 18.2 Å². The molecule has 1 aliphatic rings. The first kappa shape index (κ1) is 17.8. The van der Waals surface area contributed by atoms with Crippen LogP contribution in [0.25, 0.3) is 0 Å². The molecule has 0 aliphatic heterocycles. The maximum absolute atomic E-state index is 12.4. The van der Waals surface area contributed by atoms with Crippen LogP contribution < -0.4 is 10.6 Å². The third kappa shape index (κ3) is 4.96. The summed E-state index contributed by atoms with van der Waals surface area (Å²) in [6.45, 7) is 5.87. The van der Waals surface area contributed by atoms with Crippen molar-refractivity contribution in [2.24, 2.45) is 11.8 Å². The van der Waals surface area contributed by atoms with E-state index in [4.69, 9.17) is 11.6 Å². The van der Waals surface area contributed by atoms with Crippen molar-refractivity contribution in [1.82, 2.24) is 5.32 Å². The van der Waals surface area contributed by atoms with Crippen LogP contribution in [0.5, 0.6) is 0 Å². The zero-order valence-electron chi connectivity index (χ0n) is 14.0. The summed E-state index contributed by atoms with van der Waals surface area (Å²) in [5.74, 6) is 0.147. The van der Waals surface area contributed by atoms with Crippen molar-refractivity contribution in [3.8, 4) is 0 Å². The van der Waals surface area contributed by atoms with Crippen LogP contribution in [0, 0.1) is 18.8 Å². The summed E-state index contributed by atoms with van der Waals surface area (Å²) >= 11 is 5.99. The Bertz CT molecular complexity index is 578. The minimum Gasteiger partial charge on any atom is -0.354 e. The molecule has 1 fully saturated rings. The van der Waals surface area contributed by atoms with Gasteiger partial charge in [-0.05, 0) is 64.2 Å². The summed E-state index contributed by atoms with van der Waals surface area (Å²) in [4.78, 5) is 24.5. The topological polar surface area (TPSA) is 58.2 Å². The number of halogens is 1. The van der Waals surface area contributed by atoms with E-state index in [1.807, 2.05) is 32.9 Å². The molecule has 0 atom stereocenters. The molecule has 2 amide bonds. The van der Waals surface area contributed by atoms with Crippen molar-refractivity contribution in [2.45, 2.75) is 52.5 Å². The van der Waals surface area contributed by atoms with Crippen LogP contribution in [0.3, 0.4) is 0 Å². The molecule has 4 nitrogen and oxygen atoms in total. The lowest BCUT2D eigenvalue weighted by atomic mass is 9.81. The fraction of sp³-hybridized carbons (Fsp3) is 0.556. The lowest BCUT2D eigenvalue weighted by Crippen LogP contribution is -2.38. The molecule has 1 aliphatic carbocycles. The van der Waals surface area contributed by atoms with Gasteiger partial charge in [-0.2, -0.15) is 0 Å². The summed E-state index contributed by atoms with van der Waals surface area (Å²) in [5.41, 5.74) is 1.76. The van der Waals surface area contributed by atoms with Crippen LogP contribution in [-0.2, 0) is 9.59 Å².